The lowest BCUT2D eigenvalue weighted by molar-refractivity contribution is 0.787. The normalized spacial score (nSPS) is 12.2. The molecule has 2 nitrogen and oxygen atoms in total. The number of benzene rings is 2. The topological polar surface area (TPSA) is 38.0 Å². The molecule has 2 aromatic carbocycles. The van der Waals surface area contributed by atoms with Gasteiger partial charge in [0.2, 0.25) is 0 Å². The van der Waals surface area contributed by atoms with Gasteiger partial charge in [-0.05, 0) is 60.0 Å². The molecular formula is C17H21BrN2. The van der Waals surface area contributed by atoms with Crippen LogP contribution in [0, 0.1) is 20.8 Å². The van der Waals surface area contributed by atoms with E-state index in [1.807, 2.05) is 0 Å². The van der Waals surface area contributed by atoms with Crippen LogP contribution in [0.3, 0.4) is 0 Å². The molecule has 0 aromatic heterocycles. The molecule has 0 bridgehead atoms. The van der Waals surface area contributed by atoms with Gasteiger partial charge in [0.05, 0.1) is 6.04 Å². The molecule has 0 aliphatic rings. The molecule has 0 radical (unpaired) electrons. The predicted octanol–water partition coefficient (Wildman–Crippen LogP) is 4.49. The van der Waals surface area contributed by atoms with E-state index in [0.717, 1.165) is 10.2 Å². The minimum atomic E-state index is 0.117. The molecule has 0 saturated heterocycles. The zero-order valence-electron chi connectivity index (χ0n) is 12.2. The first-order chi connectivity index (χ1) is 9.49. The van der Waals surface area contributed by atoms with Crippen molar-refractivity contribution in [2.45, 2.75) is 26.8 Å². The van der Waals surface area contributed by atoms with Gasteiger partial charge >= 0.3 is 0 Å². The molecule has 2 aromatic rings. The zero-order chi connectivity index (χ0) is 14.7. The maximum atomic E-state index is 5.96. The van der Waals surface area contributed by atoms with Gasteiger partial charge in [0.15, 0.2) is 0 Å². The monoisotopic (exact) mass is 332 g/mol. The summed E-state index contributed by atoms with van der Waals surface area (Å²) in [5.74, 6) is 0. The number of nitrogens with one attached hydrogen (secondary N) is 1. The third-order valence-corrected chi connectivity index (χ3v) is 4.03. The fourth-order valence-electron chi connectivity index (χ4n) is 2.43. The largest absolute Gasteiger partial charge is 0.376 e. The molecule has 1 unspecified atom stereocenters. The highest BCUT2D eigenvalue weighted by Crippen LogP contribution is 2.28. The quantitative estimate of drug-likeness (QED) is 0.865. The SMILES string of the molecule is Cc1cc(C)cc(C(CN)Nc2cc(C)ccc2Br)c1. The van der Waals surface area contributed by atoms with Crippen LogP contribution in [0.25, 0.3) is 0 Å². The molecule has 0 aliphatic carbocycles. The molecule has 0 amide bonds. The minimum absolute atomic E-state index is 0.117. The Balaban J connectivity index is 2.30. The van der Waals surface area contributed by atoms with E-state index in [2.05, 4.69) is 78.4 Å². The highest BCUT2D eigenvalue weighted by Gasteiger charge is 2.12. The highest BCUT2D eigenvalue weighted by molar-refractivity contribution is 9.10. The summed E-state index contributed by atoms with van der Waals surface area (Å²) in [7, 11) is 0. The first-order valence-electron chi connectivity index (χ1n) is 6.80. The van der Waals surface area contributed by atoms with Crippen molar-refractivity contribution in [2.24, 2.45) is 5.73 Å². The third-order valence-electron chi connectivity index (χ3n) is 3.33. The van der Waals surface area contributed by atoms with E-state index in [0.29, 0.717) is 6.54 Å². The van der Waals surface area contributed by atoms with E-state index in [1.54, 1.807) is 0 Å². The summed E-state index contributed by atoms with van der Waals surface area (Å²) in [6, 6.07) is 13.0. The molecule has 0 saturated carbocycles. The van der Waals surface area contributed by atoms with Crippen LogP contribution >= 0.6 is 15.9 Å². The van der Waals surface area contributed by atoms with Crippen LogP contribution in [-0.2, 0) is 0 Å². The summed E-state index contributed by atoms with van der Waals surface area (Å²) in [4.78, 5) is 0. The number of rotatable bonds is 4. The Labute approximate surface area is 129 Å². The van der Waals surface area contributed by atoms with Crippen LogP contribution < -0.4 is 11.1 Å². The van der Waals surface area contributed by atoms with Crippen molar-refractivity contribution >= 4 is 21.6 Å². The molecule has 0 heterocycles. The van der Waals surface area contributed by atoms with Crippen molar-refractivity contribution in [3.63, 3.8) is 0 Å². The molecule has 3 N–H and O–H groups in total. The number of hydrogen-bond acceptors (Lipinski definition) is 2. The van der Waals surface area contributed by atoms with E-state index in [1.165, 1.54) is 22.3 Å². The molecular weight excluding hydrogens is 312 g/mol. The maximum Gasteiger partial charge on any atom is 0.0636 e. The van der Waals surface area contributed by atoms with Crippen molar-refractivity contribution in [3.8, 4) is 0 Å². The predicted molar refractivity (Wildman–Crippen MR) is 90.2 cm³/mol. The molecule has 1 atom stereocenters. The Hall–Kier alpha value is -1.32. The van der Waals surface area contributed by atoms with E-state index in [4.69, 9.17) is 5.73 Å². The first kappa shape index (κ1) is 15.1. The average molecular weight is 333 g/mol. The van der Waals surface area contributed by atoms with Gasteiger partial charge in [-0.3, -0.25) is 0 Å². The van der Waals surface area contributed by atoms with Crippen molar-refractivity contribution in [2.75, 3.05) is 11.9 Å². The summed E-state index contributed by atoms with van der Waals surface area (Å²) >= 11 is 3.59. The third kappa shape index (κ3) is 3.62. The zero-order valence-corrected chi connectivity index (χ0v) is 13.8. The van der Waals surface area contributed by atoms with Crippen molar-refractivity contribution in [1.82, 2.24) is 0 Å². The van der Waals surface area contributed by atoms with Gasteiger partial charge in [-0.15, -0.1) is 0 Å². The van der Waals surface area contributed by atoms with Crippen LogP contribution in [0.2, 0.25) is 0 Å². The van der Waals surface area contributed by atoms with Crippen molar-refractivity contribution in [1.29, 1.82) is 0 Å². The number of anilines is 1. The molecule has 0 spiro atoms. The van der Waals surface area contributed by atoms with Gasteiger partial charge in [-0.1, -0.05) is 35.4 Å². The molecule has 106 valence electrons. The lowest BCUT2D eigenvalue weighted by Gasteiger charge is -2.21. The van der Waals surface area contributed by atoms with Crippen LogP contribution in [0.5, 0.6) is 0 Å². The Bertz CT molecular complexity index is 588. The van der Waals surface area contributed by atoms with Crippen molar-refractivity contribution in [3.05, 3.63) is 63.1 Å². The van der Waals surface area contributed by atoms with Crippen LogP contribution in [0.4, 0.5) is 5.69 Å². The Kier molecular flexibility index (Phi) is 4.84. The second-order valence-corrected chi connectivity index (χ2v) is 6.19. The molecule has 0 aliphatic heterocycles. The van der Waals surface area contributed by atoms with Gasteiger partial charge < -0.3 is 11.1 Å². The lowest BCUT2D eigenvalue weighted by atomic mass is 10.0. The Morgan fingerprint density at radius 2 is 1.65 bits per heavy atom. The summed E-state index contributed by atoms with van der Waals surface area (Å²) in [6.07, 6.45) is 0. The maximum absolute atomic E-state index is 5.96. The van der Waals surface area contributed by atoms with Gasteiger partial charge in [0.1, 0.15) is 0 Å². The number of aryl methyl sites for hydroxylation is 3. The van der Waals surface area contributed by atoms with E-state index >= 15 is 0 Å². The van der Waals surface area contributed by atoms with Gasteiger partial charge in [-0.25, -0.2) is 0 Å². The van der Waals surface area contributed by atoms with Crippen LogP contribution in [-0.4, -0.2) is 6.54 Å². The van der Waals surface area contributed by atoms with E-state index in [-0.39, 0.29) is 6.04 Å². The van der Waals surface area contributed by atoms with Gasteiger partial charge in [-0.2, -0.15) is 0 Å². The van der Waals surface area contributed by atoms with Crippen LogP contribution in [0.15, 0.2) is 40.9 Å². The number of hydrogen-bond donors (Lipinski definition) is 2. The first-order valence-corrected chi connectivity index (χ1v) is 7.60. The summed E-state index contributed by atoms with van der Waals surface area (Å²) in [5, 5.41) is 3.54. The second-order valence-electron chi connectivity index (χ2n) is 5.34. The number of halogens is 1. The summed E-state index contributed by atoms with van der Waals surface area (Å²) in [5.41, 5.74) is 12.0. The lowest BCUT2D eigenvalue weighted by Crippen LogP contribution is -2.21. The smallest absolute Gasteiger partial charge is 0.0636 e. The standard InChI is InChI=1S/C17H21BrN2/c1-11-4-5-15(18)16(9-11)20-17(10-19)14-7-12(2)6-13(3)8-14/h4-9,17,20H,10,19H2,1-3H3. The Morgan fingerprint density at radius 1 is 1.00 bits per heavy atom. The fourth-order valence-corrected chi connectivity index (χ4v) is 2.79. The van der Waals surface area contributed by atoms with Crippen LogP contribution in [0.1, 0.15) is 28.3 Å². The van der Waals surface area contributed by atoms with Crippen molar-refractivity contribution < 1.29 is 0 Å². The van der Waals surface area contributed by atoms with E-state index < -0.39 is 0 Å². The summed E-state index contributed by atoms with van der Waals surface area (Å²) < 4.78 is 1.06. The second kappa shape index (κ2) is 6.42. The summed E-state index contributed by atoms with van der Waals surface area (Å²) in [6.45, 7) is 6.88. The minimum Gasteiger partial charge on any atom is -0.376 e. The molecule has 2 rings (SSSR count). The average Bonchev–Trinajstić information content (AvgIpc) is 2.38. The fraction of sp³-hybridized carbons (Fsp3) is 0.294. The van der Waals surface area contributed by atoms with Gasteiger partial charge in [0, 0.05) is 16.7 Å². The molecule has 0 fully saturated rings. The van der Waals surface area contributed by atoms with E-state index in [9.17, 15) is 0 Å². The molecule has 3 heteroatoms. The molecule has 20 heavy (non-hydrogen) atoms. The number of nitrogens with two attached hydrogens (primary N) is 1. The highest BCUT2D eigenvalue weighted by atomic mass is 79.9. The van der Waals surface area contributed by atoms with Gasteiger partial charge in [0.25, 0.3) is 0 Å². The Morgan fingerprint density at radius 3 is 2.25 bits per heavy atom.